The van der Waals surface area contributed by atoms with Gasteiger partial charge in [-0.1, -0.05) is 0 Å². The fraction of sp³-hybridized carbons (Fsp3) is 0.400. The maximum Gasteiger partial charge on any atom is 0.257 e. The highest BCUT2D eigenvalue weighted by atomic mass is 35.5. The van der Waals surface area contributed by atoms with Crippen LogP contribution in [-0.2, 0) is 4.79 Å². The minimum Gasteiger partial charge on any atom is -0.335 e. The molecule has 6 heteroatoms. The number of rotatable bonds is 0. The third-order valence-corrected chi connectivity index (χ3v) is 2.68. The summed E-state index contributed by atoms with van der Waals surface area (Å²) in [6.45, 7) is 3.89. The Morgan fingerprint density at radius 3 is 2.75 bits per heavy atom. The molecule has 0 aromatic heterocycles. The van der Waals surface area contributed by atoms with Crippen molar-refractivity contribution in [3.63, 3.8) is 0 Å². The molecule has 0 saturated heterocycles. The average molecular weight is 243 g/mol. The number of carbonyl (C=O) groups excluding carboxylic acids is 1. The number of fused-ring (bicyclic) bond motifs is 1. The molecule has 2 aliphatic rings. The number of likely N-dealkylation sites (N-methyl/N-ethyl adjacent to an activating group) is 1. The van der Waals surface area contributed by atoms with E-state index < -0.39 is 6.29 Å². The lowest BCUT2D eigenvalue weighted by Gasteiger charge is -2.31. The molecule has 16 heavy (non-hydrogen) atoms. The third-order valence-electron chi connectivity index (χ3n) is 2.68. The first kappa shape index (κ1) is 12.7. The normalized spacial score (nSPS) is 24.1. The van der Waals surface area contributed by atoms with Gasteiger partial charge in [-0.15, -0.1) is 12.4 Å². The standard InChI is InChI=1S/C10H14N4O.ClH/c1-5-4-14(3)8-7(6(5)2)9(15)13-10(11)12-8;/h4,10H,11H2,1-3H3,(H,13,15);1H. The van der Waals surface area contributed by atoms with Gasteiger partial charge in [-0.3, -0.25) is 10.5 Å². The van der Waals surface area contributed by atoms with Crippen LogP contribution in [0.5, 0.6) is 0 Å². The zero-order chi connectivity index (χ0) is 11.2. The number of amidine groups is 1. The van der Waals surface area contributed by atoms with Crippen molar-refractivity contribution in [2.75, 3.05) is 7.05 Å². The third kappa shape index (κ3) is 1.83. The molecule has 5 nitrogen and oxygen atoms in total. The molecule has 2 heterocycles. The highest BCUT2D eigenvalue weighted by molar-refractivity contribution is 6.23. The number of halogens is 1. The highest BCUT2D eigenvalue weighted by Crippen LogP contribution is 2.24. The van der Waals surface area contributed by atoms with Crippen molar-refractivity contribution in [2.24, 2.45) is 10.7 Å². The number of nitrogens with two attached hydrogens (primary N) is 1. The van der Waals surface area contributed by atoms with E-state index in [1.165, 1.54) is 0 Å². The Morgan fingerprint density at radius 1 is 1.50 bits per heavy atom. The molecule has 0 spiro atoms. The van der Waals surface area contributed by atoms with Gasteiger partial charge in [-0.25, -0.2) is 4.99 Å². The van der Waals surface area contributed by atoms with E-state index in [1.54, 1.807) is 0 Å². The number of hydrogen-bond donors (Lipinski definition) is 2. The summed E-state index contributed by atoms with van der Waals surface area (Å²) >= 11 is 0. The van der Waals surface area contributed by atoms with Gasteiger partial charge < -0.3 is 10.2 Å². The second kappa shape index (κ2) is 4.27. The monoisotopic (exact) mass is 242 g/mol. The molecule has 88 valence electrons. The van der Waals surface area contributed by atoms with Gasteiger partial charge in [0.1, 0.15) is 5.84 Å². The molecule has 2 rings (SSSR count). The number of amides is 1. The number of hydrogen-bond acceptors (Lipinski definition) is 4. The summed E-state index contributed by atoms with van der Waals surface area (Å²) in [6, 6.07) is 0. The Balaban J connectivity index is 0.00000128. The van der Waals surface area contributed by atoms with Crippen molar-refractivity contribution in [2.45, 2.75) is 20.1 Å². The molecule has 3 N–H and O–H groups in total. The predicted octanol–water partition coefficient (Wildman–Crippen LogP) is 0.344. The van der Waals surface area contributed by atoms with Crippen molar-refractivity contribution >= 4 is 24.1 Å². The molecule has 1 atom stereocenters. The van der Waals surface area contributed by atoms with Crippen molar-refractivity contribution in [3.05, 3.63) is 22.9 Å². The molecule has 0 fully saturated rings. The van der Waals surface area contributed by atoms with Gasteiger partial charge in [0.2, 0.25) is 0 Å². The topological polar surface area (TPSA) is 70.7 Å². The van der Waals surface area contributed by atoms with Crippen LogP contribution in [0.15, 0.2) is 27.9 Å². The minimum absolute atomic E-state index is 0. The maximum atomic E-state index is 11.8. The largest absolute Gasteiger partial charge is 0.335 e. The Bertz CT molecular complexity index is 425. The Labute approximate surface area is 100 Å². The smallest absolute Gasteiger partial charge is 0.257 e. The summed E-state index contributed by atoms with van der Waals surface area (Å²) in [5.74, 6) is 0.499. The van der Waals surface area contributed by atoms with Crippen molar-refractivity contribution < 1.29 is 4.79 Å². The van der Waals surface area contributed by atoms with Crippen LogP contribution in [0, 0.1) is 0 Å². The molecule has 1 unspecified atom stereocenters. The first-order valence-electron chi connectivity index (χ1n) is 4.78. The maximum absolute atomic E-state index is 11.8. The highest BCUT2D eigenvalue weighted by Gasteiger charge is 2.30. The average Bonchev–Trinajstić information content (AvgIpc) is 2.13. The summed E-state index contributed by atoms with van der Waals surface area (Å²) < 4.78 is 0. The summed E-state index contributed by atoms with van der Waals surface area (Å²) in [7, 11) is 1.86. The minimum atomic E-state index is -0.640. The summed E-state index contributed by atoms with van der Waals surface area (Å²) in [5.41, 5.74) is 8.23. The molecule has 0 saturated carbocycles. The number of nitrogens with zero attached hydrogens (tertiary/aromatic N) is 2. The van der Waals surface area contributed by atoms with E-state index in [4.69, 9.17) is 5.73 Å². The van der Waals surface area contributed by atoms with Gasteiger partial charge in [0, 0.05) is 13.2 Å². The summed E-state index contributed by atoms with van der Waals surface area (Å²) in [5, 5.41) is 2.59. The van der Waals surface area contributed by atoms with Gasteiger partial charge in [0.15, 0.2) is 6.29 Å². The van der Waals surface area contributed by atoms with E-state index in [2.05, 4.69) is 10.3 Å². The van der Waals surface area contributed by atoms with Gasteiger partial charge >= 0.3 is 0 Å². The molecule has 0 radical (unpaired) electrons. The van der Waals surface area contributed by atoms with Crippen LogP contribution >= 0.6 is 12.4 Å². The van der Waals surface area contributed by atoms with E-state index in [0.29, 0.717) is 11.4 Å². The second-order valence-corrected chi connectivity index (χ2v) is 3.79. The molecule has 0 bridgehead atoms. The van der Waals surface area contributed by atoms with E-state index in [0.717, 1.165) is 11.1 Å². The second-order valence-electron chi connectivity index (χ2n) is 3.79. The number of carbonyl (C=O) groups is 1. The Hall–Kier alpha value is -1.33. The zero-order valence-electron chi connectivity index (χ0n) is 9.44. The number of allylic oxidation sites excluding steroid dienone is 2. The number of nitrogens with one attached hydrogen (secondary N) is 1. The molecule has 2 aliphatic heterocycles. The quantitative estimate of drug-likeness (QED) is 0.644. The zero-order valence-corrected chi connectivity index (χ0v) is 10.3. The van der Waals surface area contributed by atoms with Gasteiger partial charge in [-0.05, 0) is 25.0 Å². The Morgan fingerprint density at radius 2 is 2.12 bits per heavy atom. The van der Waals surface area contributed by atoms with Crippen LogP contribution < -0.4 is 11.1 Å². The van der Waals surface area contributed by atoms with Gasteiger partial charge in [0.05, 0.1) is 5.57 Å². The first-order valence-corrected chi connectivity index (χ1v) is 4.78. The fourth-order valence-electron chi connectivity index (χ4n) is 1.79. The van der Waals surface area contributed by atoms with Crippen molar-refractivity contribution in [1.29, 1.82) is 0 Å². The van der Waals surface area contributed by atoms with Crippen LogP contribution in [0.4, 0.5) is 0 Å². The van der Waals surface area contributed by atoms with Crippen LogP contribution in [0.25, 0.3) is 0 Å². The molecule has 0 aliphatic carbocycles. The van der Waals surface area contributed by atoms with Crippen molar-refractivity contribution in [3.8, 4) is 0 Å². The lowest BCUT2D eigenvalue weighted by Crippen LogP contribution is -2.50. The predicted molar refractivity (Wildman–Crippen MR) is 65.0 cm³/mol. The SMILES string of the molecule is CC1=CN(C)C2=NC(N)NC(=O)C2=C1C.Cl. The van der Waals surface area contributed by atoms with E-state index >= 15 is 0 Å². The fourth-order valence-corrected chi connectivity index (χ4v) is 1.79. The van der Waals surface area contributed by atoms with Crippen molar-refractivity contribution in [1.82, 2.24) is 10.2 Å². The molecular formula is C10H15ClN4O. The van der Waals surface area contributed by atoms with Crippen LogP contribution in [0.3, 0.4) is 0 Å². The molecule has 0 aromatic carbocycles. The number of aliphatic imine (C=N–C) groups is 1. The summed E-state index contributed by atoms with van der Waals surface area (Å²) in [6.07, 6.45) is 1.31. The van der Waals surface area contributed by atoms with Crippen LogP contribution in [0.2, 0.25) is 0 Å². The summed E-state index contributed by atoms with van der Waals surface area (Å²) in [4.78, 5) is 17.8. The lowest BCUT2D eigenvalue weighted by atomic mass is 9.97. The molecule has 0 aromatic rings. The van der Waals surface area contributed by atoms with E-state index in [9.17, 15) is 4.79 Å². The van der Waals surface area contributed by atoms with E-state index in [1.807, 2.05) is 32.0 Å². The van der Waals surface area contributed by atoms with Gasteiger partial charge in [-0.2, -0.15) is 0 Å². The van der Waals surface area contributed by atoms with E-state index in [-0.39, 0.29) is 18.3 Å². The molecular weight excluding hydrogens is 228 g/mol. The van der Waals surface area contributed by atoms with Crippen LogP contribution in [-0.4, -0.2) is 30.0 Å². The first-order chi connectivity index (χ1) is 7.00. The lowest BCUT2D eigenvalue weighted by molar-refractivity contribution is -0.118. The Kier molecular flexibility index (Phi) is 3.40. The molecule has 1 amide bonds. The van der Waals surface area contributed by atoms with Crippen LogP contribution in [0.1, 0.15) is 13.8 Å². The van der Waals surface area contributed by atoms with Gasteiger partial charge in [0.25, 0.3) is 5.91 Å².